The van der Waals surface area contributed by atoms with Gasteiger partial charge in [-0.15, -0.1) is 0 Å². The lowest BCUT2D eigenvalue weighted by molar-refractivity contribution is -0.0445. The number of fused-ring (bicyclic) bond motifs is 1. The van der Waals surface area contributed by atoms with Gasteiger partial charge in [0.25, 0.3) is 5.91 Å². The third-order valence-corrected chi connectivity index (χ3v) is 4.17. The first-order valence-corrected chi connectivity index (χ1v) is 7.00. The van der Waals surface area contributed by atoms with Crippen LogP contribution in [0.15, 0.2) is 18.2 Å². The van der Waals surface area contributed by atoms with E-state index in [9.17, 15) is 9.90 Å². The number of morpholine rings is 1. The molecule has 1 saturated heterocycles. The lowest BCUT2D eigenvalue weighted by Gasteiger charge is -2.37. The van der Waals surface area contributed by atoms with Gasteiger partial charge in [0.15, 0.2) is 11.5 Å². The normalized spacial score (nSPS) is 25.4. The van der Waals surface area contributed by atoms with Gasteiger partial charge < -0.3 is 19.5 Å². The summed E-state index contributed by atoms with van der Waals surface area (Å²) < 4.78 is 10.7. The van der Waals surface area contributed by atoms with Crippen LogP contribution in [-0.4, -0.2) is 48.3 Å². The minimum Gasteiger partial charge on any atom is -0.504 e. The van der Waals surface area contributed by atoms with Crippen molar-refractivity contribution in [2.24, 2.45) is 0 Å². The van der Waals surface area contributed by atoms with Crippen LogP contribution in [0.3, 0.4) is 0 Å². The third-order valence-electron chi connectivity index (χ3n) is 4.17. The summed E-state index contributed by atoms with van der Waals surface area (Å²) >= 11 is 0. The number of hydrogen-bond donors (Lipinski definition) is 1. The van der Waals surface area contributed by atoms with Gasteiger partial charge in [-0.25, -0.2) is 0 Å². The number of phenols is 1. The molecule has 1 aliphatic heterocycles. The van der Waals surface area contributed by atoms with Gasteiger partial charge in [0, 0.05) is 12.1 Å². The number of nitrogens with zero attached hydrogens (tertiary/aromatic N) is 1. The molecular formula is C15H19NO4. The Kier molecular flexibility index (Phi) is 3.53. The van der Waals surface area contributed by atoms with Crippen LogP contribution in [0.5, 0.6) is 11.5 Å². The van der Waals surface area contributed by atoms with E-state index in [1.165, 1.54) is 13.2 Å². The van der Waals surface area contributed by atoms with Gasteiger partial charge in [-0.1, -0.05) is 0 Å². The van der Waals surface area contributed by atoms with Gasteiger partial charge in [-0.05, 0) is 37.5 Å². The number of carbonyl (C=O) groups excluding carboxylic acids is 1. The van der Waals surface area contributed by atoms with Gasteiger partial charge in [-0.2, -0.15) is 0 Å². The fourth-order valence-corrected chi connectivity index (χ4v) is 3.17. The highest BCUT2D eigenvalue weighted by Crippen LogP contribution is 2.32. The van der Waals surface area contributed by atoms with E-state index in [4.69, 9.17) is 9.47 Å². The molecule has 5 nitrogen and oxygen atoms in total. The highest BCUT2D eigenvalue weighted by atomic mass is 16.5. The van der Waals surface area contributed by atoms with E-state index in [2.05, 4.69) is 0 Å². The quantitative estimate of drug-likeness (QED) is 0.895. The van der Waals surface area contributed by atoms with Gasteiger partial charge in [0.2, 0.25) is 0 Å². The zero-order valence-electron chi connectivity index (χ0n) is 11.5. The number of ether oxygens (including phenoxy) is 2. The van der Waals surface area contributed by atoms with Gasteiger partial charge in [-0.3, -0.25) is 4.79 Å². The van der Waals surface area contributed by atoms with Crippen LogP contribution in [0.2, 0.25) is 0 Å². The summed E-state index contributed by atoms with van der Waals surface area (Å²) in [7, 11) is 1.49. The molecule has 1 saturated carbocycles. The van der Waals surface area contributed by atoms with Crippen molar-refractivity contribution in [3.63, 3.8) is 0 Å². The molecule has 2 aliphatic rings. The summed E-state index contributed by atoms with van der Waals surface area (Å²) in [5.74, 6) is 0.333. The standard InChI is InChI=1S/C15H19NO4/c1-19-14-6-5-10(9-12(14)17)15(18)16-7-8-20-13-4-2-3-11(13)16/h5-6,9,11,13,17H,2-4,7-8H2,1H3. The monoisotopic (exact) mass is 277 g/mol. The predicted molar refractivity (Wildman–Crippen MR) is 73.1 cm³/mol. The first-order valence-electron chi connectivity index (χ1n) is 7.00. The molecule has 1 N–H and O–H groups in total. The molecule has 1 amide bonds. The van der Waals surface area contributed by atoms with Crippen LogP contribution in [0.25, 0.3) is 0 Å². The number of methoxy groups -OCH3 is 1. The molecule has 20 heavy (non-hydrogen) atoms. The Morgan fingerprint density at radius 2 is 2.30 bits per heavy atom. The second kappa shape index (κ2) is 5.32. The molecule has 0 bridgehead atoms. The molecule has 2 atom stereocenters. The number of phenolic OH excluding ortho intramolecular Hbond substituents is 1. The van der Waals surface area contributed by atoms with Crippen LogP contribution in [0.4, 0.5) is 0 Å². The first-order chi connectivity index (χ1) is 9.70. The van der Waals surface area contributed by atoms with Crippen molar-refractivity contribution in [2.75, 3.05) is 20.3 Å². The van der Waals surface area contributed by atoms with E-state index >= 15 is 0 Å². The maximum Gasteiger partial charge on any atom is 0.254 e. The number of hydrogen-bond acceptors (Lipinski definition) is 4. The van der Waals surface area contributed by atoms with Crippen molar-refractivity contribution in [1.29, 1.82) is 0 Å². The number of rotatable bonds is 2. The Balaban J connectivity index is 1.82. The van der Waals surface area contributed by atoms with Crippen LogP contribution in [-0.2, 0) is 4.74 Å². The van der Waals surface area contributed by atoms with Crippen molar-refractivity contribution in [1.82, 2.24) is 4.90 Å². The minimum absolute atomic E-state index is 0.00502. The Bertz CT molecular complexity index is 517. The maximum absolute atomic E-state index is 12.6. The van der Waals surface area contributed by atoms with E-state index in [0.717, 1.165) is 19.3 Å². The summed E-state index contributed by atoms with van der Waals surface area (Å²) in [5, 5.41) is 9.81. The summed E-state index contributed by atoms with van der Waals surface area (Å²) in [6.45, 7) is 1.21. The smallest absolute Gasteiger partial charge is 0.254 e. The number of aromatic hydroxyl groups is 1. The van der Waals surface area contributed by atoms with Gasteiger partial charge in [0.05, 0.1) is 25.9 Å². The topological polar surface area (TPSA) is 59.0 Å². The lowest BCUT2D eigenvalue weighted by atomic mass is 10.1. The number of amides is 1. The van der Waals surface area contributed by atoms with Gasteiger partial charge >= 0.3 is 0 Å². The van der Waals surface area contributed by atoms with Crippen LogP contribution in [0.1, 0.15) is 29.6 Å². The molecule has 0 radical (unpaired) electrons. The molecule has 0 aromatic heterocycles. The molecule has 1 aromatic carbocycles. The van der Waals surface area contributed by atoms with E-state index in [0.29, 0.717) is 24.5 Å². The van der Waals surface area contributed by atoms with Gasteiger partial charge in [0.1, 0.15) is 0 Å². The van der Waals surface area contributed by atoms with Crippen molar-refractivity contribution in [3.8, 4) is 11.5 Å². The van der Waals surface area contributed by atoms with Crippen LogP contribution >= 0.6 is 0 Å². The highest BCUT2D eigenvalue weighted by molar-refractivity contribution is 5.95. The molecular weight excluding hydrogens is 258 g/mol. The number of carbonyl (C=O) groups is 1. The second-order valence-electron chi connectivity index (χ2n) is 5.29. The van der Waals surface area contributed by atoms with Crippen molar-refractivity contribution in [3.05, 3.63) is 23.8 Å². The number of benzene rings is 1. The van der Waals surface area contributed by atoms with Crippen molar-refractivity contribution in [2.45, 2.75) is 31.4 Å². The lowest BCUT2D eigenvalue weighted by Crippen LogP contribution is -2.51. The van der Waals surface area contributed by atoms with Crippen molar-refractivity contribution >= 4 is 5.91 Å². The highest BCUT2D eigenvalue weighted by Gasteiger charge is 2.38. The van der Waals surface area contributed by atoms with Crippen LogP contribution in [0, 0.1) is 0 Å². The molecule has 3 rings (SSSR count). The second-order valence-corrected chi connectivity index (χ2v) is 5.29. The Morgan fingerprint density at radius 3 is 3.05 bits per heavy atom. The fraction of sp³-hybridized carbons (Fsp3) is 0.533. The summed E-state index contributed by atoms with van der Waals surface area (Å²) in [6.07, 6.45) is 3.31. The van der Waals surface area contributed by atoms with E-state index in [1.807, 2.05) is 4.90 Å². The molecule has 2 fully saturated rings. The third kappa shape index (κ3) is 2.22. The molecule has 2 unspecified atom stereocenters. The summed E-state index contributed by atoms with van der Waals surface area (Å²) in [6, 6.07) is 4.97. The molecule has 1 heterocycles. The zero-order valence-corrected chi connectivity index (χ0v) is 11.5. The molecule has 108 valence electrons. The maximum atomic E-state index is 12.6. The fourth-order valence-electron chi connectivity index (χ4n) is 3.17. The summed E-state index contributed by atoms with van der Waals surface area (Å²) in [5.41, 5.74) is 0.496. The van der Waals surface area contributed by atoms with Crippen LogP contribution < -0.4 is 4.74 Å². The molecule has 5 heteroatoms. The molecule has 1 aromatic rings. The average molecular weight is 277 g/mol. The zero-order chi connectivity index (χ0) is 14.1. The Labute approximate surface area is 118 Å². The molecule has 1 aliphatic carbocycles. The Morgan fingerprint density at radius 1 is 1.45 bits per heavy atom. The Hall–Kier alpha value is -1.75. The predicted octanol–water partition coefficient (Wildman–Crippen LogP) is 1.79. The van der Waals surface area contributed by atoms with E-state index < -0.39 is 0 Å². The first kappa shape index (κ1) is 13.2. The summed E-state index contributed by atoms with van der Waals surface area (Å²) in [4.78, 5) is 14.5. The van der Waals surface area contributed by atoms with E-state index in [1.54, 1.807) is 12.1 Å². The molecule has 0 spiro atoms. The minimum atomic E-state index is -0.0387. The largest absolute Gasteiger partial charge is 0.504 e. The van der Waals surface area contributed by atoms with E-state index in [-0.39, 0.29) is 23.8 Å². The SMILES string of the molecule is COc1ccc(C(=O)N2CCOC3CCCC32)cc1O. The average Bonchev–Trinajstić information content (AvgIpc) is 2.94. The van der Waals surface area contributed by atoms with Crippen molar-refractivity contribution < 1.29 is 19.4 Å².